The fraction of sp³-hybridized carbons (Fsp3) is 1.00. The fourth-order valence-electron chi connectivity index (χ4n) is 3.88. The average molecular weight is 551 g/mol. The van der Waals surface area contributed by atoms with Crippen molar-refractivity contribution in [3.63, 3.8) is 0 Å². The van der Waals surface area contributed by atoms with Crippen molar-refractivity contribution in [1.82, 2.24) is 0 Å². The van der Waals surface area contributed by atoms with Crippen LogP contribution < -0.4 is 17.2 Å². The Balaban J connectivity index is 1.60. The van der Waals surface area contributed by atoms with Gasteiger partial charge in [0.15, 0.2) is 18.9 Å². The summed E-state index contributed by atoms with van der Waals surface area (Å²) in [5.74, 6) is 0. The van der Waals surface area contributed by atoms with Gasteiger partial charge in [-0.05, 0) is 0 Å². The molecule has 0 aromatic rings. The molecule has 3 aliphatic rings. The molecule has 0 saturated carbocycles. The second-order valence-electron chi connectivity index (χ2n) is 8.74. The van der Waals surface area contributed by atoms with E-state index in [1.54, 1.807) is 0 Å². The zero-order valence-electron chi connectivity index (χ0n) is 18.8. The summed E-state index contributed by atoms with van der Waals surface area (Å²) < 4.78 is 43.1. The first-order chi connectivity index (χ1) is 16.8. The Kier molecular flexibility index (Phi) is 10.2. The van der Waals surface area contributed by atoms with Crippen LogP contribution in [0.15, 0.2) is 0 Å². The summed E-state index contributed by atoms with van der Waals surface area (Å²) >= 11 is 0. The van der Waals surface area contributed by atoms with Crippen molar-refractivity contribution in [2.45, 2.75) is 85.8 Å². The van der Waals surface area contributed by atoms with Gasteiger partial charge in [-0.15, -0.1) is 0 Å². The summed E-state index contributed by atoms with van der Waals surface area (Å²) in [6.07, 6.45) is -17.5. The summed E-state index contributed by atoms with van der Waals surface area (Å²) in [5.41, 5.74) is 16.9. The van der Waals surface area contributed by atoms with Gasteiger partial charge >= 0.3 is 7.82 Å². The maximum absolute atomic E-state index is 12.5. The Morgan fingerprint density at radius 2 is 1.47 bits per heavy atom. The van der Waals surface area contributed by atoms with E-state index < -0.39 is 107 Å². The van der Waals surface area contributed by atoms with Gasteiger partial charge in [-0.1, -0.05) is 0 Å². The zero-order valence-corrected chi connectivity index (χ0v) is 19.7. The second kappa shape index (κ2) is 12.2. The predicted octanol–water partition coefficient (Wildman–Crippen LogP) is -6.92. The predicted molar refractivity (Wildman–Crippen MR) is 112 cm³/mol. The van der Waals surface area contributed by atoms with E-state index in [9.17, 15) is 45.2 Å². The third-order valence-electron chi connectivity index (χ3n) is 6.11. The molecule has 3 rings (SSSR count). The maximum Gasteiger partial charge on any atom is 0.475 e. The first kappa shape index (κ1) is 30.1. The monoisotopic (exact) mass is 551 g/mol. The number of aliphatic hydroxyl groups is 7. The van der Waals surface area contributed by atoms with E-state index in [4.69, 9.17) is 45.2 Å². The van der Waals surface area contributed by atoms with Gasteiger partial charge in [0.1, 0.15) is 48.8 Å². The van der Waals surface area contributed by atoms with Gasteiger partial charge in [-0.2, -0.15) is 0 Å². The minimum atomic E-state index is -5.12. The van der Waals surface area contributed by atoms with E-state index in [-0.39, 0.29) is 6.61 Å². The van der Waals surface area contributed by atoms with E-state index in [0.29, 0.717) is 0 Å². The first-order valence-corrected chi connectivity index (χ1v) is 12.5. The van der Waals surface area contributed by atoms with E-state index in [2.05, 4.69) is 0 Å². The molecule has 3 fully saturated rings. The first-order valence-electron chi connectivity index (χ1n) is 11.0. The number of nitrogens with two attached hydrogens (primary N) is 3. The van der Waals surface area contributed by atoms with E-state index in [0.717, 1.165) is 0 Å². The molecular weight excluding hydrogens is 517 g/mol. The number of phosphoric ester groups is 1. The molecule has 0 aliphatic carbocycles. The smallest absolute Gasteiger partial charge is 0.394 e. The number of phosphoric acid groups is 1. The molecule has 15 atom stereocenters. The number of ether oxygens (including phenoxy) is 4. The lowest BCUT2D eigenvalue weighted by Crippen LogP contribution is -2.64. The number of rotatable bonds is 8. The van der Waals surface area contributed by atoms with E-state index in [1.807, 2.05) is 0 Å². The molecule has 2 unspecified atom stereocenters. The molecule has 3 heterocycles. The maximum atomic E-state index is 12.5. The van der Waals surface area contributed by atoms with Crippen LogP contribution in [0.5, 0.6) is 0 Å². The minimum absolute atomic E-state index is 0.305. The van der Waals surface area contributed by atoms with Gasteiger partial charge in [0, 0.05) is 0 Å². The van der Waals surface area contributed by atoms with Crippen LogP contribution in [0, 0.1) is 0 Å². The lowest BCUT2D eigenvalue weighted by molar-refractivity contribution is -0.293. The van der Waals surface area contributed by atoms with Crippen molar-refractivity contribution >= 4 is 7.82 Å². The molecule has 0 aromatic heterocycles. The Morgan fingerprint density at radius 1 is 0.806 bits per heavy atom. The number of aliphatic hydroxyl groups excluding tert-OH is 7. The van der Waals surface area contributed by atoms with Crippen molar-refractivity contribution < 1.29 is 73.2 Å². The highest BCUT2D eigenvalue weighted by Crippen LogP contribution is 2.49. The molecule has 14 N–H and O–H groups in total. The second-order valence-corrected chi connectivity index (χ2v) is 10.1. The minimum Gasteiger partial charge on any atom is -0.394 e. The van der Waals surface area contributed by atoms with Crippen LogP contribution in [0.4, 0.5) is 0 Å². The van der Waals surface area contributed by atoms with E-state index in [1.165, 1.54) is 0 Å². The van der Waals surface area contributed by atoms with Crippen molar-refractivity contribution in [2.75, 3.05) is 19.8 Å². The Morgan fingerprint density at radius 3 is 2.11 bits per heavy atom. The van der Waals surface area contributed by atoms with Crippen molar-refractivity contribution in [3.8, 4) is 0 Å². The zero-order chi connectivity index (χ0) is 26.9. The van der Waals surface area contributed by atoms with Crippen molar-refractivity contribution in [3.05, 3.63) is 0 Å². The lowest BCUT2D eigenvalue weighted by Gasteiger charge is -2.44. The normalized spacial score (nSPS) is 50.0. The van der Waals surface area contributed by atoms with Crippen LogP contribution in [-0.2, 0) is 32.6 Å². The summed E-state index contributed by atoms with van der Waals surface area (Å²) in [6.45, 7) is -1.65. The highest BCUT2D eigenvalue weighted by Gasteiger charge is 2.50. The third kappa shape index (κ3) is 6.57. The molecule has 212 valence electrons. The third-order valence-corrected chi connectivity index (χ3v) is 7.09. The standard InChI is InChI=1S/C17H34N3O15P/c18-4-2-30-17(13(26)9(4)22)35-36(28,29)34-14-5(1-21)33-16(8(20)12(14)25)31-3-6-10(23)11(24)7(19)15(27)32-6/h4-17,21-27H,1-3,18-20H2,(H,28,29)/t4-,5+,6+,7+,8+,9-,10+,11+,12+,13+,14+,15-,16+,17?/m0/s1. The highest BCUT2D eigenvalue weighted by atomic mass is 31.2. The molecule has 0 bridgehead atoms. The molecule has 3 aliphatic heterocycles. The topological polar surface area (TPSA) is 312 Å². The van der Waals surface area contributed by atoms with Crippen LogP contribution in [0.3, 0.4) is 0 Å². The molecule has 18 nitrogen and oxygen atoms in total. The molecule has 0 spiro atoms. The average Bonchev–Trinajstić information content (AvgIpc) is 2.83. The molecular formula is C17H34N3O15P. The van der Waals surface area contributed by atoms with Gasteiger partial charge in [0.25, 0.3) is 0 Å². The van der Waals surface area contributed by atoms with Crippen molar-refractivity contribution in [2.24, 2.45) is 17.2 Å². The summed E-state index contributed by atoms with van der Waals surface area (Å²) in [5, 5.41) is 69.7. The van der Waals surface area contributed by atoms with Gasteiger partial charge in [-0.25, -0.2) is 4.57 Å². The fourth-order valence-corrected chi connectivity index (χ4v) is 4.95. The summed E-state index contributed by atoms with van der Waals surface area (Å²) in [7, 11) is -5.12. The Hall–Kier alpha value is -0.450. The van der Waals surface area contributed by atoms with Crippen molar-refractivity contribution in [1.29, 1.82) is 0 Å². The molecule has 36 heavy (non-hydrogen) atoms. The molecule has 3 saturated heterocycles. The van der Waals surface area contributed by atoms with Crippen LogP contribution in [0.1, 0.15) is 0 Å². The van der Waals surface area contributed by atoms with E-state index >= 15 is 0 Å². The van der Waals surface area contributed by atoms with Gasteiger partial charge < -0.3 is 76.8 Å². The summed E-state index contributed by atoms with van der Waals surface area (Å²) in [4.78, 5) is 10.1. The van der Waals surface area contributed by atoms with Gasteiger partial charge in [-0.3, -0.25) is 9.05 Å². The Bertz CT molecular complexity index is 769. The largest absolute Gasteiger partial charge is 0.475 e. The number of hydrogen-bond acceptors (Lipinski definition) is 17. The molecule has 0 radical (unpaired) electrons. The SMILES string of the molecule is N[C@@H]1[C@@H](O)[C@H](O)[C@@H](CO[C@@H]2O[C@H](CO)[C@@H](OP(=O)(O)OC3OC[C@H](N)[C@H](O)[C@H]3O)[C@H](O)[C@H]2N)O[C@@H]1O. The molecule has 0 amide bonds. The highest BCUT2D eigenvalue weighted by molar-refractivity contribution is 7.47. The number of hydrogen-bond donors (Lipinski definition) is 11. The molecule has 0 aromatic carbocycles. The lowest BCUT2D eigenvalue weighted by atomic mass is 9.97. The molecule has 19 heteroatoms. The summed E-state index contributed by atoms with van der Waals surface area (Å²) in [6, 6.07) is -3.67. The van der Waals surface area contributed by atoms with Crippen LogP contribution >= 0.6 is 7.82 Å². The van der Waals surface area contributed by atoms with Crippen LogP contribution in [-0.4, -0.2) is 146 Å². The Labute approximate surface area is 204 Å². The quantitative estimate of drug-likeness (QED) is 0.125. The van der Waals surface area contributed by atoms with Gasteiger partial charge in [0.05, 0.1) is 37.9 Å². The van der Waals surface area contributed by atoms with Crippen LogP contribution in [0.2, 0.25) is 0 Å². The van der Waals surface area contributed by atoms with Gasteiger partial charge in [0.2, 0.25) is 0 Å². The van der Waals surface area contributed by atoms with Crippen LogP contribution in [0.25, 0.3) is 0 Å².